The first kappa shape index (κ1) is 30.8. The fourth-order valence-corrected chi connectivity index (χ4v) is 8.31. The molecule has 1 atom stereocenters. The third kappa shape index (κ3) is 5.50. The topological polar surface area (TPSA) is 16.1 Å². The van der Waals surface area contributed by atoms with E-state index >= 15 is 0 Å². The van der Waals surface area contributed by atoms with E-state index in [2.05, 4.69) is 183 Å². The van der Waals surface area contributed by atoms with E-state index in [9.17, 15) is 0 Å². The Bertz CT molecular complexity index is 2640. The quantitative estimate of drug-likeness (QED) is 0.166. The number of rotatable bonds is 6. The molecule has 8 aromatic rings. The standard InChI is InChI=1S/C49H38N2/c1-33-28-34(2)30-39(29-33)51(46-24-14-15-27-50-46)38-25-26-42-45(31-38)40-22-12-13-23-41(40)48-44(36-18-8-4-9-19-36)32-43(35-16-6-3-7-17-35)47(49(42)48)37-20-10-5-11-21-37/h3-31,43H,32H2,1-2H3. The van der Waals surface area contributed by atoms with Gasteiger partial charge >= 0.3 is 0 Å². The molecule has 1 aliphatic carbocycles. The second kappa shape index (κ2) is 12.9. The van der Waals surface area contributed by atoms with E-state index in [0.717, 1.165) is 23.6 Å². The van der Waals surface area contributed by atoms with Crippen molar-refractivity contribution in [3.8, 4) is 0 Å². The SMILES string of the molecule is Cc1cc(C)cc(N(c2ccc3c4c(c5ccccc5c3c2)=C(c2ccccc2)CC(c2ccccc2)C=4c2ccccc2)c2ccccn2)c1. The summed E-state index contributed by atoms with van der Waals surface area (Å²) >= 11 is 0. The van der Waals surface area contributed by atoms with Crippen LogP contribution in [-0.2, 0) is 0 Å². The molecule has 244 valence electrons. The number of pyridine rings is 1. The average Bonchev–Trinajstić information content (AvgIpc) is 3.18. The molecule has 1 aliphatic rings. The molecule has 0 amide bonds. The highest BCUT2D eigenvalue weighted by atomic mass is 15.2. The van der Waals surface area contributed by atoms with Crippen LogP contribution in [0.1, 0.15) is 40.2 Å². The summed E-state index contributed by atoms with van der Waals surface area (Å²) in [5, 5.41) is 7.72. The van der Waals surface area contributed by atoms with Crippen LogP contribution in [-0.4, -0.2) is 4.98 Å². The molecule has 0 aliphatic heterocycles. The van der Waals surface area contributed by atoms with Crippen LogP contribution in [0.3, 0.4) is 0 Å². The summed E-state index contributed by atoms with van der Waals surface area (Å²) in [7, 11) is 0. The molecular formula is C49H38N2. The number of aromatic nitrogens is 1. The monoisotopic (exact) mass is 654 g/mol. The van der Waals surface area contributed by atoms with Gasteiger partial charge in [0.25, 0.3) is 0 Å². The van der Waals surface area contributed by atoms with E-state index in [1.165, 1.54) is 70.9 Å². The summed E-state index contributed by atoms with van der Waals surface area (Å²) in [6.45, 7) is 4.33. The first-order valence-electron chi connectivity index (χ1n) is 17.8. The summed E-state index contributed by atoms with van der Waals surface area (Å²) < 4.78 is 0. The molecular weight excluding hydrogens is 617 g/mol. The number of fused-ring (bicyclic) bond motifs is 6. The lowest BCUT2D eigenvalue weighted by Crippen LogP contribution is -2.37. The molecule has 2 heteroatoms. The highest BCUT2D eigenvalue weighted by Gasteiger charge is 2.28. The largest absolute Gasteiger partial charge is 0.295 e. The number of hydrogen-bond acceptors (Lipinski definition) is 2. The van der Waals surface area contributed by atoms with E-state index in [-0.39, 0.29) is 5.92 Å². The van der Waals surface area contributed by atoms with E-state index in [0.29, 0.717) is 0 Å². The zero-order valence-electron chi connectivity index (χ0n) is 28.9. The Morgan fingerprint density at radius 3 is 1.78 bits per heavy atom. The average molecular weight is 655 g/mol. The van der Waals surface area contributed by atoms with E-state index in [4.69, 9.17) is 4.98 Å². The molecule has 0 N–H and O–H groups in total. The van der Waals surface area contributed by atoms with Gasteiger partial charge in [-0.2, -0.15) is 0 Å². The summed E-state index contributed by atoms with van der Waals surface area (Å²) in [6.07, 6.45) is 2.79. The van der Waals surface area contributed by atoms with E-state index in [1.54, 1.807) is 0 Å². The molecule has 1 unspecified atom stereocenters. The lowest BCUT2D eigenvalue weighted by atomic mass is 9.74. The van der Waals surface area contributed by atoms with Gasteiger partial charge < -0.3 is 0 Å². The molecule has 51 heavy (non-hydrogen) atoms. The number of nitrogens with zero attached hydrogens (tertiary/aromatic N) is 2. The van der Waals surface area contributed by atoms with Crippen LogP contribution in [0.5, 0.6) is 0 Å². The maximum atomic E-state index is 4.86. The summed E-state index contributed by atoms with van der Waals surface area (Å²) in [6, 6.07) is 62.1. The molecule has 1 aromatic heterocycles. The van der Waals surface area contributed by atoms with Crippen LogP contribution >= 0.6 is 0 Å². The molecule has 0 bridgehead atoms. The van der Waals surface area contributed by atoms with Crippen LogP contribution in [0.15, 0.2) is 176 Å². The van der Waals surface area contributed by atoms with Gasteiger partial charge in [-0.3, -0.25) is 4.90 Å². The maximum absolute atomic E-state index is 4.86. The van der Waals surface area contributed by atoms with Crippen LogP contribution in [0.4, 0.5) is 17.2 Å². The zero-order valence-corrected chi connectivity index (χ0v) is 28.9. The maximum Gasteiger partial charge on any atom is 0.137 e. The van der Waals surface area contributed by atoms with Crippen molar-refractivity contribution in [1.82, 2.24) is 4.98 Å². The third-order valence-corrected chi connectivity index (χ3v) is 10.3. The zero-order chi connectivity index (χ0) is 34.3. The predicted molar refractivity (Wildman–Crippen MR) is 214 cm³/mol. The van der Waals surface area contributed by atoms with Crippen LogP contribution in [0, 0.1) is 13.8 Å². The summed E-state index contributed by atoms with van der Waals surface area (Å²) in [4.78, 5) is 7.16. The minimum atomic E-state index is 0.181. The molecule has 0 radical (unpaired) electrons. The Morgan fingerprint density at radius 2 is 1.10 bits per heavy atom. The highest BCUT2D eigenvalue weighted by molar-refractivity contribution is 6.11. The smallest absolute Gasteiger partial charge is 0.137 e. The molecule has 1 heterocycles. The first-order chi connectivity index (χ1) is 25.1. The predicted octanol–water partition coefficient (Wildman–Crippen LogP) is 11.1. The van der Waals surface area contributed by atoms with Crippen LogP contribution in [0.25, 0.3) is 32.7 Å². The Balaban J connectivity index is 1.46. The highest BCUT2D eigenvalue weighted by Crippen LogP contribution is 2.41. The Hall–Kier alpha value is -6.25. The van der Waals surface area contributed by atoms with Gasteiger partial charge in [0.1, 0.15) is 5.82 Å². The summed E-state index contributed by atoms with van der Waals surface area (Å²) in [5.74, 6) is 1.07. The number of benzene rings is 7. The van der Waals surface area contributed by atoms with E-state index < -0.39 is 0 Å². The van der Waals surface area contributed by atoms with Gasteiger partial charge in [0.05, 0.1) is 0 Å². The van der Waals surface area contributed by atoms with Crippen molar-refractivity contribution in [2.45, 2.75) is 26.2 Å². The van der Waals surface area contributed by atoms with Crippen LogP contribution in [0.2, 0.25) is 0 Å². The van der Waals surface area contributed by atoms with Crippen molar-refractivity contribution in [1.29, 1.82) is 0 Å². The molecule has 0 saturated heterocycles. The van der Waals surface area contributed by atoms with Crippen LogP contribution < -0.4 is 15.3 Å². The van der Waals surface area contributed by atoms with Gasteiger partial charge in [-0.15, -0.1) is 0 Å². The lowest BCUT2D eigenvalue weighted by Gasteiger charge is -2.30. The van der Waals surface area contributed by atoms with E-state index in [1.807, 2.05) is 12.3 Å². The van der Waals surface area contributed by atoms with Gasteiger partial charge in [0, 0.05) is 23.5 Å². The third-order valence-electron chi connectivity index (χ3n) is 10.3. The van der Waals surface area contributed by atoms with Gasteiger partial charge in [0.2, 0.25) is 0 Å². The Labute approximate surface area is 299 Å². The lowest BCUT2D eigenvalue weighted by molar-refractivity contribution is 0.876. The molecule has 0 spiro atoms. The molecule has 9 rings (SSSR count). The minimum Gasteiger partial charge on any atom is -0.295 e. The summed E-state index contributed by atoms with van der Waals surface area (Å²) in [5.41, 5.74) is 11.3. The second-order valence-electron chi connectivity index (χ2n) is 13.7. The van der Waals surface area contributed by atoms with Gasteiger partial charge in [-0.05, 0) is 128 Å². The van der Waals surface area contributed by atoms with Gasteiger partial charge in [-0.1, -0.05) is 133 Å². The minimum absolute atomic E-state index is 0.181. The van der Waals surface area contributed by atoms with Crippen molar-refractivity contribution >= 4 is 49.9 Å². The fraction of sp³-hybridized carbons (Fsp3) is 0.0816. The molecule has 2 nitrogen and oxygen atoms in total. The van der Waals surface area contributed by atoms with Gasteiger partial charge in [-0.25, -0.2) is 4.98 Å². The fourth-order valence-electron chi connectivity index (χ4n) is 8.31. The van der Waals surface area contributed by atoms with Crippen molar-refractivity contribution in [3.63, 3.8) is 0 Å². The Morgan fingerprint density at radius 1 is 0.490 bits per heavy atom. The molecule has 7 aromatic carbocycles. The number of hydrogen-bond donors (Lipinski definition) is 0. The number of aryl methyl sites for hydroxylation is 2. The van der Waals surface area contributed by atoms with Crippen molar-refractivity contribution < 1.29 is 0 Å². The molecule has 0 fully saturated rings. The van der Waals surface area contributed by atoms with Crippen molar-refractivity contribution in [2.24, 2.45) is 0 Å². The molecule has 0 saturated carbocycles. The van der Waals surface area contributed by atoms with Crippen molar-refractivity contribution in [2.75, 3.05) is 4.90 Å². The Kier molecular flexibility index (Phi) is 7.78. The van der Waals surface area contributed by atoms with Crippen molar-refractivity contribution in [3.05, 3.63) is 214 Å². The van der Waals surface area contributed by atoms with Gasteiger partial charge in [0.15, 0.2) is 0 Å². The first-order valence-corrected chi connectivity index (χ1v) is 17.8. The normalized spacial score (nSPS) is 14.1. The second-order valence-corrected chi connectivity index (χ2v) is 13.7. The number of anilines is 3.